The molecule has 0 saturated carbocycles. The second-order valence-corrected chi connectivity index (χ2v) is 6.49. The van der Waals surface area contributed by atoms with Crippen LogP contribution >= 0.6 is 0 Å². The van der Waals surface area contributed by atoms with Crippen LogP contribution in [0, 0.1) is 0 Å². The Bertz CT molecular complexity index is 838. The lowest BCUT2D eigenvalue weighted by Crippen LogP contribution is -2.19. The van der Waals surface area contributed by atoms with Gasteiger partial charge in [0.1, 0.15) is 23.8 Å². The van der Waals surface area contributed by atoms with E-state index in [1.165, 1.54) is 0 Å². The molecule has 27 heavy (non-hydrogen) atoms. The lowest BCUT2D eigenvalue weighted by Gasteiger charge is -2.13. The van der Waals surface area contributed by atoms with Gasteiger partial charge < -0.3 is 14.4 Å². The molecule has 3 aromatic rings. The van der Waals surface area contributed by atoms with Crippen LogP contribution in [0.1, 0.15) is 5.56 Å². The lowest BCUT2D eigenvalue weighted by atomic mass is 10.1. The summed E-state index contributed by atoms with van der Waals surface area (Å²) in [5.41, 5.74) is 2.95. The van der Waals surface area contributed by atoms with Crippen molar-refractivity contribution in [2.24, 2.45) is 0 Å². The molecule has 0 N–H and O–H groups in total. The van der Waals surface area contributed by atoms with Gasteiger partial charge in [-0.05, 0) is 50.0 Å². The number of pyridine rings is 2. The van der Waals surface area contributed by atoms with Crippen LogP contribution in [0.5, 0.6) is 11.5 Å². The second kappa shape index (κ2) is 9.69. The summed E-state index contributed by atoms with van der Waals surface area (Å²) in [5, 5.41) is 0. The molecule has 0 aliphatic rings. The minimum atomic E-state index is 0.573. The fraction of sp³-hybridized carbons (Fsp3) is 0.273. The fourth-order valence-corrected chi connectivity index (χ4v) is 2.63. The molecular weight excluding hydrogens is 338 g/mol. The largest absolute Gasteiger partial charge is 0.492 e. The fourth-order valence-electron chi connectivity index (χ4n) is 2.63. The molecule has 0 bridgehead atoms. The first kappa shape index (κ1) is 18.9. The van der Waals surface area contributed by atoms with Crippen LogP contribution in [0.25, 0.3) is 11.3 Å². The van der Waals surface area contributed by atoms with Crippen LogP contribution in [0.15, 0.2) is 67.1 Å². The Balaban J connectivity index is 1.68. The number of ether oxygens (including phenoxy) is 2. The Morgan fingerprint density at radius 2 is 1.81 bits per heavy atom. The molecular formula is C22H25N3O2. The van der Waals surface area contributed by atoms with Crippen molar-refractivity contribution in [2.75, 3.05) is 33.9 Å². The maximum atomic E-state index is 6.01. The van der Waals surface area contributed by atoms with Gasteiger partial charge in [-0.15, -0.1) is 0 Å². The smallest absolute Gasteiger partial charge is 0.145 e. The van der Waals surface area contributed by atoms with Crippen molar-refractivity contribution in [3.05, 3.63) is 72.7 Å². The summed E-state index contributed by atoms with van der Waals surface area (Å²) in [4.78, 5) is 10.8. The second-order valence-electron chi connectivity index (χ2n) is 6.49. The quantitative estimate of drug-likeness (QED) is 0.580. The van der Waals surface area contributed by atoms with Crippen molar-refractivity contribution >= 4 is 0 Å². The zero-order chi connectivity index (χ0) is 18.9. The van der Waals surface area contributed by atoms with Crippen molar-refractivity contribution < 1.29 is 9.47 Å². The van der Waals surface area contributed by atoms with E-state index < -0.39 is 0 Å². The molecule has 0 radical (unpaired) electrons. The van der Waals surface area contributed by atoms with E-state index in [4.69, 9.17) is 9.47 Å². The van der Waals surface area contributed by atoms with Gasteiger partial charge in [0.05, 0.1) is 6.61 Å². The highest BCUT2D eigenvalue weighted by atomic mass is 16.5. The van der Waals surface area contributed by atoms with E-state index in [0.717, 1.165) is 41.3 Å². The summed E-state index contributed by atoms with van der Waals surface area (Å²) in [7, 11) is 4.06. The molecule has 2 heterocycles. The summed E-state index contributed by atoms with van der Waals surface area (Å²) in [6.07, 6.45) is 6.22. The van der Waals surface area contributed by atoms with E-state index in [9.17, 15) is 0 Å². The molecule has 1 aromatic carbocycles. The number of likely N-dealkylation sites (N-methyl/N-ethyl adjacent to an activating group) is 1. The van der Waals surface area contributed by atoms with Gasteiger partial charge in [-0.3, -0.25) is 9.97 Å². The van der Waals surface area contributed by atoms with E-state index in [0.29, 0.717) is 13.2 Å². The third-order valence-electron chi connectivity index (χ3n) is 4.06. The number of hydrogen-bond donors (Lipinski definition) is 0. The Morgan fingerprint density at radius 1 is 0.926 bits per heavy atom. The van der Waals surface area contributed by atoms with Crippen molar-refractivity contribution in [1.82, 2.24) is 14.9 Å². The van der Waals surface area contributed by atoms with Crippen LogP contribution in [-0.4, -0.2) is 48.7 Å². The molecule has 2 aromatic heterocycles. The normalized spacial score (nSPS) is 10.8. The van der Waals surface area contributed by atoms with Crippen molar-refractivity contribution in [3.63, 3.8) is 0 Å². The Kier molecular flexibility index (Phi) is 6.77. The van der Waals surface area contributed by atoms with Gasteiger partial charge in [0.15, 0.2) is 0 Å². The van der Waals surface area contributed by atoms with Gasteiger partial charge in [-0.1, -0.05) is 18.2 Å². The molecule has 140 valence electrons. The third-order valence-corrected chi connectivity index (χ3v) is 4.06. The number of aromatic nitrogens is 2. The zero-order valence-electron chi connectivity index (χ0n) is 15.8. The first-order valence-electron chi connectivity index (χ1n) is 9.07. The summed E-state index contributed by atoms with van der Waals surface area (Å²) in [6.45, 7) is 2.09. The number of rotatable bonds is 9. The Hall–Kier alpha value is -2.92. The van der Waals surface area contributed by atoms with Gasteiger partial charge >= 0.3 is 0 Å². The van der Waals surface area contributed by atoms with Gasteiger partial charge in [-0.2, -0.15) is 0 Å². The Morgan fingerprint density at radius 3 is 2.63 bits per heavy atom. The molecule has 3 rings (SSSR count). The van der Waals surface area contributed by atoms with Crippen LogP contribution in [-0.2, 0) is 6.42 Å². The standard InChI is InChI=1S/C22H25N3O2/c1-25(2)13-15-26-20-8-3-7-19(16-20)22-21(9-5-12-24-22)27-14-10-18-6-4-11-23-17-18/h3-9,11-12,16-17H,10,13-15H2,1-2H3. The monoisotopic (exact) mass is 363 g/mol. The van der Waals surface area contributed by atoms with Crippen molar-refractivity contribution in [2.45, 2.75) is 6.42 Å². The average Bonchev–Trinajstić information content (AvgIpc) is 2.69. The third kappa shape index (κ3) is 5.79. The predicted octanol–water partition coefficient (Wildman–Crippen LogP) is 3.71. The van der Waals surface area contributed by atoms with E-state index in [-0.39, 0.29) is 0 Å². The topological polar surface area (TPSA) is 47.5 Å². The summed E-state index contributed by atoms with van der Waals surface area (Å²) < 4.78 is 11.9. The summed E-state index contributed by atoms with van der Waals surface area (Å²) in [6, 6.07) is 15.8. The maximum Gasteiger partial charge on any atom is 0.145 e. The van der Waals surface area contributed by atoms with E-state index in [2.05, 4.69) is 20.9 Å². The van der Waals surface area contributed by atoms with E-state index in [1.54, 1.807) is 12.4 Å². The SMILES string of the molecule is CN(C)CCOc1cccc(-c2ncccc2OCCc2cccnc2)c1. The number of nitrogens with zero attached hydrogens (tertiary/aromatic N) is 3. The molecule has 5 heteroatoms. The maximum absolute atomic E-state index is 6.01. The molecule has 0 spiro atoms. The van der Waals surface area contributed by atoms with Gasteiger partial charge in [0, 0.05) is 37.1 Å². The van der Waals surface area contributed by atoms with E-state index in [1.807, 2.05) is 62.8 Å². The molecule has 0 fully saturated rings. The van der Waals surface area contributed by atoms with Gasteiger partial charge in [-0.25, -0.2) is 0 Å². The van der Waals surface area contributed by atoms with Crippen molar-refractivity contribution in [3.8, 4) is 22.8 Å². The van der Waals surface area contributed by atoms with Crippen molar-refractivity contribution in [1.29, 1.82) is 0 Å². The van der Waals surface area contributed by atoms with Crippen LogP contribution < -0.4 is 9.47 Å². The van der Waals surface area contributed by atoms with Crippen LogP contribution in [0.4, 0.5) is 0 Å². The van der Waals surface area contributed by atoms with Crippen LogP contribution in [0.2, 0.25) is 0 Å². The highest BCUT2D eigenvalue weighted by Gasteiger charge is 2.09. The van der Waals surface area contributed by atoms with Gasteiger partial charge in [0.25, 0.3) is 0 Å². The minimum absolute atomic E-state index is 0.573. The van der Waals surface area contributed by atoms with E-state index >= 15 is 0 Å². The van der Waals surface area contributed by atoms with Gasteiger partial charge in [0.2, 0.25) is 0 Å². The molecule has 0 aliphatic heterocycles. The highest BCUT2D eigenvalue weighted by Crippen LogP contribution is 2.30. The minimum Gasteiger partial charge on any atom is -0.492 e. The molecule has 0 unspecified atom stereocenters. The summed E-state index contributed by atoms with van der Waals surface area (Å²) in [5.74, 6) is 1.60. The predicted molar refractivity (Wildman–Crippen MR) is 107 cm³/mol. The van der Waals surface area contributed by atoms with Crippen LogP contribution in [0.3, 0.4) is 0 Å². The molecule has 0 atom stereocenters. The number of hydrogen-bond acceptors (Lipinski definition) is 5. The highest BCUT2D eigenvalue weighted by molar-refractivity contribution is 5.67. The Labute approximate surface area is 160 Å². The summed E-state index contributed by atoms with van der Waals surface area (Å²) >= 11 is 0. The first-order chi connectivity index (χ1) is 13.2. The molecule has 0 saturated heterocycles. The molecule has 0 amide bonds. The first-order valence-corrected chi connectivity index (χ1v) is 9.07. The lowest BCUT2D eigenvalue weighted by molar-refractivity contribution is 0.261. The zero-order valence-corrected chi connectivity index (χ0v) is 15.8. The molecule has 5 nitrogen and oxygen atoms in total. The number of benzene rings is 1. The average molecular weight is 363 g/mol. The molecule has 0 aliphatic carbocycles.